The average molecular weight is 725 g/mol. The van der Waals surface area contributed by atoms with E-state index in [1.165, 1.54) is 19.8 Å². The molecule has 2 heterocycles. The van der Waals surface area contributed by atoms with Gasteiger partial charge in [-0.2, -0.15) is 0 Å². The predicted molar refractivity (Wildman–Crippen MR) is 204 cm³/mol. The first-order chi connectivity index (χ1) is 25.6. The molecule has 0 aromatic heterocycles. The van der Waals surface area contributed by atoms with Gasteiger partial charge in [-0.1, -0.05) is 75.2 Å². The highest BCUT2D eigenvalue weighted by Crippen LogP contribution is 2.42. The van der Waals surface area contributed by atoms with Crippen molar-refractivity contribution in [1.29, 1.82) is 0 Å². The van der Waals surface area contributed by atoms with Gasteiger partial charge in [0.15, 0.2) is 0 Å². The third-order valence-electron chi connectivity index (χ3n) is 9.95. The number of fused-ring (bicyclic) bond motifs is 2. The van der Waals surface area contributed by atoms with Crippen molar-refractivity contribution in [3.63, 3.8) is 0 Å². The maximum Gasteiger partial charge on any atom is 0.306 e. The molecule has 0 fully saturated rings. The number of rotatable bonds is 12. The molecule has 0 saturated heterocycles. The van der Waals surface area contributed by atoms with Crippen molar-refractivity contribution >= 4 is 11.9 Å². The fraction of sp³-hybridized carbons (Fsp3) is 0.409. The molecule has 4 aromatic carbocycles. The number of methoxy groups -OCH3 is 2. The standard InChI is InChI=1S/C31H36O5.C13H16O4/c1-5-6-15-34-29-14-7-21(2)16-28(29)24-10-8-23(9-11-24)20-35-25-12-13-26-27(18-31(32)33-4)22(3)19-36-30(26)17-25;1-8-7-17-12-5-9(14)3-4-10(12)11(8)6-13(15)16-2/h7-14,16-17,22,27H,5-6,15,18-20H2,1-4H3;3-5,8,11,14H,6-7H2,1-2H3. The summed E-state index contributed by atoms with van der Waals surface area (Å²) in [4.78, 5) is 23.3. The second kappa shape index (κ2) is 18.5. The molecule has 0 bridgehead atoms. The first-order valence-electron chi connectivity index (χ1n) is 18.4. The molecule has 4 atom stereocenters. The second-order valence-corrected chi connectivity index (χ2v) is 14.0. The highest BCUT2D eigenvalue weighted by molar-refractivity contribution is 5.72. The van der Waals surface area contributed by atoms with E-state index in [2.05, 4.69) is 63.2 Å². The van der Waals surface area contributed by atoms with Crippen LogP contribution in [0.3, 0.4) is 0 Å². The first-order valence-corrected chi connectivity index (χ1v) is 18.4. The van der Waals surface area contributed by atoms with Crippen molar-refractivity contribution in [2.75, 3.05) is 34.0 Å². The largest absolute Gasteiger partial charge is 0.508 e. The lowest BCUT2D eigenvalue weighted by molar-refractivity contribution is -0.142. The monoisotopic (exact) mass is 724 g/mol. The molecule has 0 aliphatic carbocycles. The van der Waals surface area contributed by atoms with Crippen LogP contribution in [0.25, 0.3) is 11.1 Å². The van der Waals surface area contributed by atoms with E-state index in [9.17, 15) is 14.7 Å². The van der Waals surface area contributed by atoms with Gasteiger partial charge in [0.05, 0.1) is 46.9 Å². The van der Waals surface area contributed by atoms with E-state index in [4.69, 9.17) is 28.4 Å². The zero-order valence-electron chi connectivity index (χ0n) is 31.7. The van der Waals surface area contributed by atoms with Gasteiger partial charge in [0, 0.05) is 29.5 Å². The van der Waals surface area contributed by atoms with E-state index in [0.29, 0.717) is 38.4 Å². The minimum Gasteiger partial charge on any atom is -0.508 e. The summed E-state index contributed by atoms with van der Waals surface area (Å²) in [5, 5.41) is 9.40. The molecule has 0 amide bonds. The third-order valence-corrected chi connectivity index (χ3v) is 9.95. The first kappa shape index (κ1) is 39.0. The van der Waals surface area contributed by atoms with E-state index in [1.807, 2.05) is 31.2 Å². The van der Waals surface area contributed by atoms with Crippen molar-refractivity contribution in [3.05, 3.63) is 101 Å². The molecule has 1 N–H and O–H groups in total. The van der Waals surface area contributed by atoms with Crippen molar-refractivity contribution < 1.29 is 43.1 Å². The average Bonchev–Trinajstić information content (AvgIpc) is 3.17. The van der Waals surface area contributed by atoms with Crippen LogP contribution in [0.15, 0.2) is 78.9 Å². The topological polar surface area (TPSA) is 110 Å². The van der Waals surface area contributed by atoms with E-state index in [-0.39, 0.29) is 41.4 Å². The van der Waals surface area contributed by atoms with Gasteiger partial charge in [0.1, 0.15) is 35.4 Å². The number of hydrogen-bond donors (Lipinski definition) is 1. The van der Waals surface area contributed by atoms with Gasteiger partial charge < -0.3 is 33.5 Å². The van der Waals surface area contributed by atoms with E-state index < -0.39 is 0 Å². The van der Waals surface area contributed by atoms with Crippen molar-refractivity contribution in [2.45, 2.75) is 71.8 Å². The van der Waals surface area contributed by atoms with Crippen LogP contribution >= 0.6 is 0 Å². The Morgan fingerprint density at radius 1 is 0.755 bits per heavy atom. The maximum atomic E-state index is 11.9. The minimum atomic E-state index is -0.220. The number of esters is 2. The number of carbonyl (C=O) groups excluding carboxylic acids is 2. The number of ether oxygens (including phenoxy) is 6. The van der Waals surface area contributed by atoms with Crippen LogP contribution < -0.4 is 18.9 Å². The molecule has 2 aliphatic heterocycles. The Balaban J connectivity index is 0.000000265. The van der Waals surface area contributed by atoms with E-state index in [0.717, 1.165) is 64.5 Å². The Morgan fingerprint density at radius 2 is 1.36 bits per heavy atom. The molecule has 4 aromatic rings. The fourth-order valence-corrected chi connectivity index (χ4v) is 6.69. The van der Waals surface area contributed by atoms with Crippen LogP contribution in [0.1, 0.15) is 80.5 Å². The summed E-state index contributed by atoms with van der Waals surface area (Å²) in [7, 11) is 2.82. The molecule has 0 saturated carbocycles. The molecular weight excluding hydrogens is 672 g/mol. The van der Waals surface area contributed by atoms with Crippen LogP contribution in [-0.4, -0.2) is 51.1 Å². The van der Waals surface area contributed by atoms with Crippen molar-refractivity contribution in [1.82, 2.24) is 0 Å². The lowest BCUT2D eigenvalue weighted by Crippen LogP contribution is -2.26. The summed E-state index contributed by atoms with van der Waals surface area (Å²) in [6, 6.07) is 25.7. The van der Waals surface area contributed by atoms with Crippen molar-refractivity contribution in [2.24, 2.45) is 11.8 Å². The zero-order valence-corrected chi connectivity index (χ0v) is 31.7. The fourth-order valence-electron chi connectivity index (χ4n) is 6.69. The Morgan fingerprint density at radius 3 is 1.96 bits per heavy atom. The zero-order chi connectivity index (χ0) is 37.9. The number of phenols is 1. The summed E-state index contributed by atoms with van der Waals surface area (Å²) >= 11 is 0. The summed E-state index contributed by atoms with van der Waals surface area (Å²) in [5.74, 6) is 3.54. The highest BCUT2D eigenvalue weighted by Gasteiger charge is 2.31. The molecule has 9 heteroatoms. The highest BCUT2D eigenvalue weighted by atomic mass is 16.5. The summed E-state index contributed by atoms with van der Waals surface area (Å²) in [5.41, 5.74) is 6.52. The molecule has 53 heavy (non-hydrogen) atoms. The van der Waals surface area contributed by atoms with Gasteiger partial charge in [-0.3, -0.25) is 9.59 Å². The van der Waals surface area contributed by atoms with Gasteiger partial charge in [0.2, 0.25) is 0 Å². The lowest BCUT2D eigenvalue weighted by Gasteiger charge is -2.31. The van der Waals surface area contributed by atoms with E-state index in [1.54, 1.807) is 12.1 Å². The molecule has 0 spiro atoms. The Hall–Kier alpha value is -5.18. The smallest absolute Gasteiger partial charge is 0.306 e. The number of aromatic hydroxyl groups is 1. The number of aryl methyl sites for hydroxylation is 1. The predicted octanol–water partition coefficient (Wildman–Crippen LogP) is 9.16. The van der Waals surface area contributed by atoms with Gasteiger partial charge in [-0.15, -0.1) is 0 Å². The molecule has 6 rings (SSSR count). The van der Waals surface area contributed by atoms with Gasteiger partial charge in [0.25, 0.3) is 0 Å². The van der Waals surface area contributed by atoms with E-state index >= 15 is 0 Å². The summed E-state index contributed by atoms with van der Waals surface area (Å²) < 4.78 is 33.2. The van der Waals surface area contributed by atoms with Crippen LogP contribution in [0.5, 0.6) is 28.7 Å². The lowest BCUT2D eigenvalue weighted by atomic mass is 9.83. The molecule has 0 radical (unpaired) electrons. The maximum absolute atomic E-state index is 11.9. The van der Waals surface area contributed by atoms with Gasteiger partial charge >= 0.3 is 11.9 Å². The number of phenolic OH excluding ortho intramolecular Hbond substituents is 1. The normalized spacial score (nSPS) is 18.5. The quantitative estimate of drug-likeness (QED) is 0.113. The van der Waals surface area contributed by atoms with Crippen LogP contribution in [0, 0.1) is 18.8 Å². The summed E-state index contributed by atoms with van der Waals surface area (Å²) in [6.07, 6.45) is 2.85. The molecule has 2 aliphatic rings. The Kier molecular flexibility index (Phi) is 13.7. The molecule has 4 unspecified atom stereocenters. The molecular formula is C44H52O9. The number of carbonyl (C=O) groups is 2. The van der Waals surface area contributed by atoms with Crippen molar-refractivity contribution in [3.8, 4) is 39.9 Å². The van der Waals surface area contributed by atoms with Crippen LogP contribution in [-0.2, 0) is 25.7 Å². The minimum absolute atomic E-state index is 0.0836. The second-order valence-electron chi connectivity index (χ2n) is 14.0. The number of unbranched alkanes of at least 4 members (excludes halogenated alkanes) is 1. The Labute approximate surface area is 313 Å². The van der Waals surface area contributed by atoms with Crippen LogP contribution in [0.4, 0.5) is 0 Å². The molecule has 282 valence electrons. The number of benzene rings is 4. The van der Waals surface area contributed by atoms with Gasteiger partial charge in [-0.25, -0.2) is 0 Å². The third kappa shape index (κ3) is 10.2. The van der Waals surface area contributed by atoms with Crippen LogP contribution in [0.2, 0.25) is 0 Å². The summed E-state index contributed by atoms with van der Waals surface area (Å²) in [6.45, 7) is 10.7. The Bertz CT molecular complexity index is 1830. The van der Waals surface area contributed by atoms with Gasteiger partial charge in [-0.05, 0) is 71.7 Å². The SMILES string of the molecule is CCCCOc1ccc(C)cc1-c1ccc(COc2ccc3c(c2)OCC(C)C3CC(=O)OC)cc1.COC(=O)CC1c2ccc(O)cc2OCC1C. The number of hydrogen-bond acceptors (Lipinski definition) is 9. The molecule has 9 nitrogen and oxygen atoms in total.